The minimum absolute atomic E-state index is 0.0344. The first-order valence-corrected chi connectivity index (χ1v) is 16.5. The second kappa shape index (κ2) is 19.3. The van der Waals surface area contributed by atoms with Crippen molar-refractivity contribution in [3.05, 3.63) is 60.2 Å². The van der Waals surface area contributed by atoms with E-state index in [-0.39, 0.29) is 25.3 Å². The van der Waals surface area contributed by atoms with Crippen molar-refractivity contribution >= 4 is 41.3 Å². The summed E-state index contributed by atoms with van der Waals surface area (Å²) in [7, 11) is 0. The molecule has 1 aromatic heterocycles. The number of alkyl halides is 2. The molecule has 0 saturated carbocycles. The maximum absolute atomic E-state index is 14.2. The molecule has 5 N–H and O–H groups in total. The molecule has 0 spiro atoms. The van der Waals surface area contributed by atoms with Gasteiger partial charge in [-0.15, -0.1) is 0 Å². The van der Waals surface area contributed by atoms with Crippen LogP contribution in [-0.4, -0.2) is 111 Å². The summed E-state index contributed by atoms with van der Waals surface area (Å²) in [5.41, 5.74) is 0.756. The van der Waals surface area contributed by atoms with E-state index in [2.05, 4.69) is 25.9 Å². The summed E-state index contributed by atoms with van der Waals surface area (Å²) in [5, 5.41) is 18.0. The number of carboxylic acid groups (broad SMARTS) is 1. The first-order chi connectivity index (χ1) is 24.6. The lowest BCUT2D eigenvalue weighted by atomic mass is 9.98. The van der Waals surface area contributed by atoms with Gasteiger partial charge in [0.15, 0.2) is 0 Å². The Kier molecular flexibility index (Phi) is 15.2. The molecule has 5 amide bonds. The summed E-state index contributed by atoms with van der Waals surface area (Å²) in [5.74, 6) is -8.64. The van der Waals surface area contributed by atoms with E-state index in [0.717, 1.165) is 10.5 Å². The number of carbonyl (C=O) groups is 7. The van der Waals surface area contributed by atoms with Crippen LogP contribution in [0.4, 0.5) is 8.78 Å². The Morgan fingerprint density at radius 2 is 1.62 bits per heavy atom. The van der Waals surface area contributed by atoms with Crippen molar-refractivity contribution in [2.24, 2.45) is 11.8 Å². The number of aliphatic carboxylic acids is 1. The minimum Gasteiger partial charge on any atom is -0.480 e. The van der Waals surface area contributed by atoms with Crippen molar-refractivity contribution in [1.82, 2.24) is 36.1 Å². The fourth-order valence-electron chi connectivity index (χ4n) is 5.38. The van der Waals surface area contributed by atoms with Gasteiger partial charge in [-0.1, -0.05) is 58.0 Å². The number of nitrogens with one attached hydrogen (secondary N) is 4. The molecule has 5 atom stereocenters. The van der Waals surface area contributed by atoms with Gasteiger partial charge < -0.3 is 36.0 Å². The van der Waals surface area contributed by atoms with Crippen LogP contribution in [0.1, 0.15) is 56.6 Å². The highest BCUT2D eigenvalue weighted by molar-refractivity contribution is 6.38. The molecule has 2 heterocycles. The molecule has 0 aliphatic carbocycles. The number of carbonyl (C=O) groups excluding carboxylic acids is 6. The van der Waals surface area contributed by atoms with Crippen LogP contribution in [0, 0.1) is 11.8 Å². The number of ether oxygens (including phenoxy) is 1. The maximum Gasteiger partial charge on any atom is 0.322 e. The van der Waals surface area contributed by atoms with Crippen molar-refractivity contribution in [3.8, 4) is 0 Å². The van der Waals surface area contributed by atoms with Crippen LogP contribution >= 0.6 is 0 Å². The predicted octanol–water partition coefficient (Wildman–Crippen LogP) is 0.468. The number of likely N-dealkylation sites (tertiary alicyclic amines) is 1. The van der Waals surface area contributed by atoms with Gasteiger partial charge in [0, 0.05) is 31.8 Å². The monoisotopic (exact) mass is 731 g/mol. The van der Waals surface area contributed by atoms with Gasteiger partial charge in [0.05, 0.1) is 18.9 Å². The number of hydrogen-bond acceptors (Lipinski definition) is 10. The van der Waals surface area contributed by atoms with Gasteiger partial charge in [0.1, 0.15) is 36.4 Å². The molecule has 282 valence electrons. The van der Waals surface area contributed by atoms with Gasteiger partial charge in [0.2, 0.25) is 29.9 Å². The van der Waals surface area contributed by atoms with Crippen molar-refractivity contribution in [2.75, 3.05) is 13.1 Å². The second-order valence-corrected chi connectivity index (χ2v) is 12.8. The van der Waals surface area contributed by atoms with Crippen molar-refractivity contribution < 1.29 is 52.2 Å². The molecule has 1 saturated heterocycles. The first kappa shape index (κ1) is 41.0. The lowest BCUT2D eigenvalue weighted by Gasteiger charge is -2.32. The summed E-state index contributed by atoms with van der Waals surface area (Å²) in [4.78, 5) is 99.0. The summed E-state index contributed by atoms with van der Waals surface area (Å²) in [6.45, 7) is 5.63. The van der Waals surface area contributed by atoms with Crippen LogP contribution in [0.2, 0.25) is 0 Å². The van der Waals surface area contributed by atoms with E-state index in [0.29, 0.717) is 0 Å². The summed E-state index contributed by atoms with van der Waals surface area (Å²) in [6, 6.07) is 3.20. The number of aromatic nitrogens is 2. The van der Waals surface area contributed by atoms with Gasteiger partial charge in [-0.25, -0.2) is 13.8 Å². The lowest BCUT2D eigenvalue weighted by molar-refractivity contribution is -0.145. The Balaban J connectivity index is 1.86. The Hall–Kier alpha value is -5.39. The average Bonchev–Trinajstić information content (AvgIpc) is 3.54. The van der Waals surface area contributed by atoms with E-state index in [9.17, 15) is 42.3 Å². The van der Waals surface area contributed by atoms with Crippen molar-refractivity contribution in [3.63, 3.8) is 0 Å². The zero-order chi connectivity index (χ0) is 38.5. The van der Waals surface area contributed by atoms with Crippen molar-refractivity contribution in [2.45, 2.75) is 83.8 Å². The van der Waals surface area contributed by atoms with Crippen LogP contribution in [0.5, 0.6) is 0 Å². The number of rotatable bonds is 18. The van der Waals surface area contributed by atoms with E-state index in [1.165, 1.54) is 18.6 Å². The van der Waals surface area contributed by atoms with Gasteiger partial charge >= 0.3 is 5.97 Å². The summed E-state index contributed by atoms with van der Waals surface area (Å²) >= 11 is 0. The molecule has 52 heavy (non-hydrogen) atoms. The third-order valence-corrected chi connectivity index (χ3v) is 8.11. The average molecular weight is 732 g/mol. The quantitative estimate of drug-likeness (QED) is 0.133. The normalized spacial score (nSPS) is 17.3. The topological polar surface area (TPSA) is 226 Å². The zero-order valence-corrected chi connectivity index (χ0v) is 29.1. The van der Waals surface area contributed by atoms with E-state index >= 15 is 0 Å². The van der Waals surface area contributed by atoms with E-state index < -0.39 is 103 Å². The molecule has 2 aromatic rings. The van der Waals surface area contributed by atoms with E-state index in [1.54, 1.807) is 57.3 Å². The molecular formula is C34H43F2N7O9. The predicted molar refractivity (Wildman–Crippen MR) is 178 cm³/mol. The third-order valence-electron chi connectivity index (χ3n) is 8.11. The zero-order valence-electron chi connectivity index (χ0n) is 29.1. The molecule has 0 radical (unpaired) electrons. The molecule has 0 bridgehead atoms. The number of carboxylic acids is 1. The highest BCUT2D eigenvalue weighted by atomic mass is 19.3. The molecular weight excluding hydrogens is 688 g/mol. The molecule has 1 fully saturated rings. The highest BCUT2D eigenvalue weighted by Crippen LogP contribution is 2.25. The Bertz CT molecular complexity index is 1580. The number of halogens is 2. The standard InChI is InChI=1S/C34H43F2N7O9/c1-18(2)27(41-30(47)23-14-37-10-11-38-23)32(49)42-28(19(3)4)34(51)43-16-21(52-17-20-8-6-5-7-9-20)12-24(43)31(48)40-22(13-25(35)36)29(46)33(50)39-15-26(44)45/h5-11,14,18-19,21-22,24-25,27-28H,12-13,15-17H2,1-4H3,(H,39,50)(H,40,48)(H,41,47)(H,42,49)(H,44,45)/t21-,22+,24+,27+,28+/m1/s1. The fraction of sp³-hybridized carbons (Fsp3) is 0.500. The number of ketones is 1. The van der Waals surface area contributed by atoms with Crippen LogP contribution in [0.15, 0.2) is 48.9 Å². The maximum atomic E-state index is 14.2. The molecule has 16 nitrogen and oxygen atoms in total. The molecule has 18 heteroatoms. The van der Waals surface area contributed by atoms with Crippen LogP contribution in [0.3, 0.4) is 0 Å². The number of amides is 5. The third kappa shape index (κ3) is 11.9. The van der Waals surface area contributed by atoms with Gasteiger partial charge in [-0.2, -0.15) is 0 Å². The smallest absolute Gasteiger partial charge is 0.322 e. The van der Waals surface area contributed by atoms with Gasteiger partial charge in [-0.3, -0.25) is 38.5 Å². The molecule has 1 aromatic carbocycles. The molecule has 0 unspecified atom stereocenters. The van der Waals surface area contributed by atoms with E-state index in [1.807, 2.05) is 6.07 Å². The summed E-state index contributed by atoms with van der Waals surface area (Å²) in [6.07, 6.45) is -1.38. The van der Waals surface area contributed by atoms with Crippen LogP contribution < -0.4 is 21.3 Å². The number of hydrogen-bond donors (Lipinski definition) is 5. The Morgan fingerprint density at radius 3 is 2.19 bits per heavy atom. The van der Waals surface area contributed by atoms with Crippen LogP contribution in [-0.2, 0) is 40.1 Å². The molecule has 1 aliphatic heterocycles. The largest absolute Gasteiger partial charge is 0.480 e. The Morgan fingerprint density at radius 1 is 0.942 bits per heavy atom. The number of nitrogens with zero attached hydrogens (tertiary/aromatic N) is 3. The second-order valence-electron chi connectivity index (χ2n) is 12.8. The van der Waals surface area contributed by atoms with Gasteiger partial charge in [0.25, 0.3) is 11.8 Å². The number of Topliss-reactive ketones (excluding diaryl/α,β-unsaturated/α-hetero) is 1. The van der Waals surface area contributed by atoms with Crippen LogP contribution in [0.25, 0.3) is 0 Å². The first-order valence-electron chi connectivity index (χ1n) is 16.5. The summed E-state index contributed by atoms with van der Waals surface area (Å²) < 4.78 is 33.0. The SMILES string of the molecule is CC(C)[C@H](NC(=O)c1cnccn1)C(=O)N[C@H](C(=O)N1C[C@H](OCc2ccccc2)C[C@H]1C(=O)N[C@@H](CC(F)F)C(=O)C(=O)NCC(=O)O)C(C)C. The number of benzene rings is 1. The van der Waals surface area contributed by atoms with Gasteiger partial charge in [-0.05, 0) is 17.4 Å². The van der Waals surface area contributed by atoms with E-state index in [4.69, 9.17) is 9.84 Å². The minimum atomic E-state index is -3.14. The molecule has 1 aliphatic rings. The molecule has 3 rings (SSSR count). The Labute approximate surface area is 298 Å². The van der Waals surface area contributed by atoms with Crippen molar-refractivity contribution in [1.29, 1.82) is 0 Å². The lowest BCUT2D eigenvalue weighted by Crippen LogP contribution is -2.60. The fourth-order valence-corrected chi connectivity index (χ4v) is 5.38. The highest BCUT2D eigenvalue weighted by Gasteiger charge is 2.45.